The van der Waals surface area contributed by atoms with E-state index in [2.05, 4.69) is 26.0 Å². The normalized spacial score (nSPS) is 12.9. The van der Waals surface area contributed by atoms with E-state index in [1.807, 2.05) is 19.1 Å². The van der Waals surface area contributed by atoms with E-state index in [4.69, 9.17) is 0 Å². The summed E-state index contributed by atoms with van der Waals surface area (Å²) >= 11 is 0. The van der Waals surface area contributed by atoms with E-state index in [0.717, 1.165) is 6.42 Å². The van der Waals surface area contributed by atoms with E-state index in [9.17, 15) is 4.79 Å². The summed E-state index contributed by atoms with van der Waals surface area (Å²) in [5.74, 6) is 0.900. The third-order valence-corrected chi connectivity index (χ3v) is 2.76. The first-order valence-corrected chi connectivity index (χ1v) is 5.60. The van der Waals surface area contributed by atoms with Crippen molar-refractivity contribution in [1.29, 1.82) is 0 Å². The van der Waals surface area contributed by atoms with Gasteiger partial charge in [0.1, 0.15) is 5.78 Å². The standard InChI is InChI=1S/C14H20O/c1-10(2)9-13-7-5-6-8-14(13)11(3)12(4)15/h5-8,10-11H,9H2,1-4H3/t11-/m1/s1. The topological polar surface area (TPSA) is 17.1 Å². The monoisotopic (exact) mass is 204 g/mol. The van der Waals surface area contributed by atoms with Gasteiger partial charge < -0.3 is 0 Å². The molecule has 1 atom stereocenters. The Morgan fingerprint density at radius 2 is 1.80 bits per heavy atom. The van der Waals surface area contributed by atoms with Crippen molar-refractivity contribution in [2.45, 2.75) is 40.0 Å². The molecule has 0 aliphatic rings. The highest BCUT2D eigenvalue weighted by Crippen LogP contribution is 2.22. The van der Waals surface area contributed by atoms with Gasteiger partial charge in [-0.05, 0) is 30.4 Å². The van der Waals surface area contributed by atoms with Crippen molar-refractivity contribution < 1.29 is 4.79 Å². The van der Waals surface area contributed by atoms with Crippen molar-refractivity contribution in [3.8, 4) is 0 Å². The molecule has 1 aromatic carbocycles. The summed E-state index contributed by atoms with van der Waals surface area (Å²) < 4.78 is 0. The van der Waals surface area contributed by atoms with Gasteiger partial charge in [0.05, 0.1) is 0 Å². The lowest BCUT2D eigenvalue weighted by Gasteiger charge is -2.15. The molecule has 1 rings (SSSR count). The van der Waals surface area contributed by atoms with Crippen molar-refractivity contribution in [2.24, 2.45) is 5.92 Å². The van der Waals surface area contributed by atoms with E-state index in [1.165, 1.54) is 11.1 Å². The van der Waals surface area contributed by atoms with Crippen LogP contribution in [0.15, 0.2) is 24.3 Å². The summed E-state index contributed by atoms with van der Waals surface area (Å²) in [7, 11) is 0. The van der Waals surface area contributed by atoms with Crippen LogP contribution in [0.2, 0.25) is 0 Å². The summed E-state index contributed by atoms with van der Waals surface area (Å²) in [6.45, 7) is 8.06. The molecule has 0 radical (unpaired) electrons. The predicted octanol–water partition coefficient (Wildman–Crippen LogP) is 3.58. The lowest BCUT2D eigenvalue weighted by atomic mass is 9.89. The van der Waals surface area contributed by atoms with Crippen molar-refractivity contribution in [2.75, 3.05) is 0 Å². The van der Waals surface area contributed by atoms with Gasteiger partial charge in [0, 0.05) is 5.92 Å². The molecule has 0 heterocycles. The van der Waals surface area contributed by atoms with E-state index >= 15 is 0 Å². The van der Waals surface area contributed by atoms with Crippen LogP contribution in [0.4, 0.5) is 0 Å². The first kappa shape index (κ1) is 12.0. The van der Waals surface area contributed by atoms with Crippen LogP contribution in [0.25, 0.3) is 0 Å². The lowest BCUT2D eigenvalue weighted by molar-refractivity contribution is -0.118. The average Bonchev–Trinajstić information content (AvgIpc) is 2.16. The zero-order valence-corrected chi connectivity index (χ0v) is 10.1. The highest BCUT2D eigenvalue weighted by atomic mass is 16.1. The quantitative estimate of drug-likeness (QED) is 0.732. The number of benzene rings is 1. The minimum absolute atomic E-state index is 0.0277. The van der Waals surface area contributed by atoms with Crippen LogP contribution in [0.3, 0.4) is 0 Å². The van der Waals surface area contributed by atoms with Crippen molar-refractivity contribution in [1.82, 2.24) is 0 Å². The van der Waals surface area contributed by atoms with Gasteiger partial charge >= 0.3 is 0 Å². The summed E-state index contributed by atoms with van der Waals surface area (Å²) in [5, 5.41) is 0. The molecule has 0 saturated carbocycles. The fraction of sp³-hybridized carbons (Fsp3) is 0.500. The Kier molecular flexibility index (Phi) is 4.07. The molecule has 82 valence electrons. The van der Waals surface area contributed by atoms with Crippen LogP contribution in [0.5, 0.6) is 0 Å². The van der Waals surface area contributed by atoms with Gasteiger partial charge in [0.15, 0.2) is 0 Å². The SMILES string of the molecule is CC(=O)[C@@H](C)c1ccccc1CC(C)C. The largest absolute Gasteiger partial charge is 0.299 e. The summed E-state index contributed by atoms with van der Waals surface area (Å²) in [6, 6.07) is 8.27. The Balaban J connectivity index is 3.00. The highest BCUT2D eigenvalue weighted by Gasteiger charge is 2.14. The molecule has 0 bridgehead atoms. The average molecular weight is 204 g/mol. The van der Waals surface area contributed by atoms with Gasteiger partial charge in [0.2, 0.25) is 0 Å². The third-order valence-electron chi connectivity index (χ3n) is 2.76. The maximum atomic E-state index is 11.4. The van der Waals surface area contributed by atoms with E-state index in [0.29, 0.717) is 5.92 Å². The lowest BCUT2D eigenvalue weighted by Crippen LogP contribution is -2.08. The van der Waals surface area contributed by atoms with Gasteiger partial charge in [-0.1, -0.05) is 45.0 Å². The molecule has 0 N–H and O–H groups in total. The van der Waals surface area contributed by atoms with E-state index < -0.39 is 0 Å². The van der Waals surface area contributed by atoms with Crippen LogP contribution < -0.4 is 0 Å². The minimum atomic E-state index is 0.0277. The number of Topliss-reactive ketones (excluding diaryl/α,β-unsaturated/α-hetero) is 1. The zero-order valence-electron chi connectivity index (χ0n) is 10.1. The molecule has 0 saturated heterocycles. The van der Waals surface area contributed by atoms with Crippen LogP contribution in [0.1, 0.15) is 44.7 Å². The van der Waals surface area contributed by atoms with Crippen molar-refractivity contribution in [3.05, 3.63) is 35.4 Å². The number of hydrogen-bond donors (Lipinski definition) is 0. The summed E-state index contributed by atoms with van der Waals surface area (Å²) in [4.78, 5) is 11.4. The predicted molar refractivity (Wildman–Crippen MR) is 64.1 cm³/mol. The van der Waals surface area contributed by atoms with Crippen LogP contribution in [0, 0.1) is 5.92 Å². The van der Waals surface area contributed by atoms with Crippen LogP contribution in [-0.4, -0.2) is 5.78 Å². The molecule has 0 unspecified atom stereocenters. The minimum Gasteiger partial charge on any atom is -0.299 e. The number of rotatable bonds is 4. The number of hydrogen-bond acceptors (Lipinski definition) is 1. The van der Waals surface area contributed by atoms with Gasteiger partial charge in [-0.25, -0.2) is 0 Å². The molecule has 0 aromatic heterocycles. The molecule has 0 amide bonds. The summed E-state index contributed by atoms with van der Waals surface area (Å²) in [5.41, 5.74) is 2.51. The van der Waals surface area contributed by atoms with Gasteiger partial charge in [-0.15, -0.1) is 0 Å². The molecule has 1 aromatic rings. The number of carbonyl (C=O) groups excluding carboxylic acids is 1. The Labute approximate surface area is 92.5 Å². The second-order valence-corrected chi connectivity index (χ2v) is 4.63. The van der Waals surface area contributed by atoms with Crippen LogP contribution in [-0.2, 0) is 11.2 Å². The molecule has 0 fully saturated rings. The third kappa shape index (κ3) is 3.19. The van der Waals surface area contributed by atoms with Gasteiger partial charge in [-0.2, -0.15) is 0 Å². The Morgan fingerprint density at radius 3 is 2.33 bits per heavy atom. The fourth-order valence-corrected chi connectivity index (χ4v) is 1.80. The Hall–Kier alpha value is -1.11. The summed E-state index contributed by atoms with van der Waals surface area (Å²) in [6.07, 6.45) is 1.05. The highest BCUT2D eigenvalue weighted by molar-refractivity contribution is 5.83. The molecule has 15 heavy (non-hydrogen) atoms. The zero-order chi connectivity index (χ0) is 11.4. The molecular formula is C14H20O. The first-order chi connectivity index (χ1) is 7.02. The maximum absolute atomic E-state index is 11.4. The second-order valence-electron chi connectivity index (χ2n) is 4.63. The van der Waals surface area contributed by atoms with Crippen LogP contribution >= 0.6 is 0 Å². The van der Waals surface area contributed by atoms with E-state index in [1.54, 1.807) is 6.92 Å². The Morgan fingerprint density at radius 1 is 1.20 bits per heavy atom. The number of ketones is 1. The van der Waals surface area contributed by atoms with Crippen molar-refractivity contribution in [3.63, 3.8) is 0 Å². The molecular weight excluding hydrogens is 184 g/mol. The first-order valence-electron chi connectivity index (χ1n) is 5.60. The molecule has 0 aliphatic carbocycles. The van der Waals surface area contributed by atoms with E-state index in [-0.39, 0.29) is 11.7 Å². The van der Waals surface area contributed by atoms with Gasteiger partial charge in [0.25, 0.3) is 0 Å². The molecule has 0 spiro atoms. The number of carbonyl (C=O) groups is 1. The molecule has 1 nitrogen and oxygen atoms in total. The van der Waals surface area contributed by atoms with Gasteiger partial charge in [-0.3, -0.25) is 4.79 Å². The maximum Gasteiger partial charge on any atom is 0.136 e. The second kappa shape index (κ2) is 5.11. The Bertz CT molecular complexity index is 339. The molecule has 0 aliphatic heterocycles. The fourth-order valence-electron chi connectivity index (χ4n) is 1.80. The molecule has 1 heteroatoms. The van der Waals surface area contributed by atoms with Crippen molar-refractivity contribution >= 4 is 5.78 Å². The smallest absolute Gasteiger partial charge is 0.136 e.